The summed E-state index contributed by atoms with van der Waals surface area (Å²) in [6.07, 6.45) is 6.02. The van der Waals surface area contributed by atoms with Crippen molar-refractivity contribution < 1.29 is 23.1 Å². The Hall–Kier alpha value is -1.37. The summed E-state index contributed by atoms with van der Waals surface area (Å²) in [7, 11) is -3.03. The van der Waals surface area contributed by atoms with Crippen molar-refractivity contribution in [3.05, 3.63) is 12.2 Å². The molecule has 1 fully saturated rings. The third kappa shape index (κ3) is 3.20. The molecule has 0 aromatic carbocycles. The van der Waals surface area contributed by atoms with Gasteiger partial charge in [-0.05, 0) is 24.7 Å². The van der Waals surface area contributed by atoms with Crippen LogP contribution in [0, 0.1) is 23.7 Å². The molecule has 2 aliphatic rings. The zero-order valence-corrected chi connectivity index (χ0v) is 12.1. The molecule has 0 aliphatic heterocycles. The van der Waals surface area contributed by atoms with Crippen LogP contribution in [0.3, 0.4) is 0 Å². The maximum absolute atomic E-state index is 12.1. The van der Waals surface area contributed by atoms with E-state index in [0.717, 1.165) is 12.7 Å². The van der Waals surface area contributed by atoms with Crippen molar-refractivity contribution >= 4 is 21.7 Å². The predicted molar refractivity (Wildman–Crippen MR) is 72.7 cm³/mol. The van der Waals surface area contributed by atoms with Crippen LogP contribution in [0.25, 0.3) is 0 Å². The molecule has 0 spiro atoms. The Morgan fingerprint density at radius 2 is 1.85 bits per heavy atom. The molecule has 0 radical (unpaired) electrons. The lowest BCUT2D eigenvalue weighted by atomic mass is 9.82. The number of amides is 1. The van der Waals surface area contributed by atoms with Crippen LogP contribution in [-0.2, 0) is 19.4 Å². The van der Waals surface area contributed by atoms with Gasteiger partial charge in [-0.25, -0.2) is 8.42 Å². The van der Waals surface area contributed by atoms with Gasteiger partial charge in [0.15, 0.2) is 0 Å². The first-order valence-corrected chi connectivity index (χ1v) is 8.72. The van der Waals surface area contributed by atoms with Crippen LogP contribution in [0.1, 0.15) is 12.8 Å². The summed E-state index contributed by atoms with van der Waals surface area (Å²) in [5.41, 5.74) is 0. The van der Waals surface area contributed by atoms with Gasteiger partial charge in [-0.2, -0.15) is 0 Å². The fourth-order valence-electron chi connectivity index (χ4n) is 3.18. The highest BCUT2D eigenvalue weighted by Gasteiger charge is 2.51. The monoisotopic (exact) mass is 301 g/mol. The van der Waals surface area contributed by atoms with E-state index in [2.05, 4.69) is 5.32 Å². The molecule has 7 heteroatoms. The van der Waals surface area contributed by atoms with Gasteiger partial charge >= 0.3 is 5.97 Å². The first kappa shape index (κ1) is 15.0. The Balaban J connectivity index is 1.89. The van der Waals surface area contributed by atoms with Crippen molar-refractivity contribution in [2.24, 2.45) is 23.7 Å². The van der Waals surface area contributed by atoms with E-state index in [1.54, 1.807) is 0 Å². The summed E-state index contributed by atoms with van der Waals surface area (Å²) >= 11 is 0. The number of hydrogen-bond donors (Lipinski definition) is 2. The molecule has 4 unspecified atom stereocenters. The van der Waals surface area contributed by atoms with Crippen LogP contribution in [0.15, 0.2) is 12.2 Å². The lowest BCUT2D eigenvalue weighted by molar-refractivity contribution is -0.147. The Bertz CT molecular complexity index is 539. The highest BCUT2D eigenvalue weighted by atomic mass is 32.2. The van der Waals surface area contributed by atoms with Crippen molar-refractivity contribution in [2.75, 3.05) is 18.6 Å². The van der Waals surface area contributed by atoms with Crippen molar-refractivity contribution in [2.45, 2.75) is 12.8 Å². The first-order chi connectivity index (χ1) is 9.29. The Morgan fingerprint density at radius 1 is 1.25 bits per heavy atom. The van der Waals surface area contributed by atoms with Crippen LogP contribution in [0.2, 0.25) is 0 Å². The zero-order valence-electron chi connectivity index (χ0n) is 11.3. The molecule has 4 atom stereocenters. The minimum absolute atomic E-state index is 0.00370. The SMILES string of the molecule is CS(=O)(=O)CCCNC(=O)C1C2C=CC(C2)C1C(=O)O. The minimum atomic E-state index is -3.03. The summed E-state index contributed by atoms with van der Waals surface area (Å²) in [5.74, 6) is -2.42. The molecule has 2 bridgehead atoms. The van der Waals surface area contributed by atoms with Gasteiger partial charge in [0.1, 0.15) is 9.84 Å². The summed E-state index contributed by atoms with van der Waals surface area (Å²) in [5, 5.41) is 11.9. The molecular weight excluding hydrogens is 282 g/mol. The number of nitrogens with one attached hydrogen (secondary N) is 1. The van der Waals surface area contributed by atoms with Crippen LogP contribution in [0.4, 0.5) is 0 Å². The number of rotatable bonds is 6. The zero-order chi connectivity index (χ0) is 14.9. The van der Waals surface area contributed by atoms with Gasteiger partial charge in [0.25, 0.3) is 0 Å². The molecule has 0 aromatic rings. The summed E-state index contributed by atoms with van der Waals surface area (Å²) < 4.78 is 22.0. The van der Waals surface area contributed by atoms with E-state index in [-0.39, 0.29) is 30.0 Å². The van der Waals surface area contributed by atoms with Crippen molar-refractivity contribution in [1.29, 1.82) is 0 Å². The third-order valence-corrected chi connectivity index (χ3v) is 5.07. The lowest BCUT2D eigenvalue weighted by Gasteiger charge is -2.23. The highest BCUT2D eigenvalue weighted by molar-refractivity contribution is 7.90. The van der Waals surface area contributed by atoms with Crippen molar-refractivity contribution in [1.82, 2.24) is 5.32 Å². The van der Waals surface area contributed by atoms with Crippen molar-refractivity contribution in [3.8, 4) is 0 Å². The fraction of sp³-hybridized carbons (Fsp3) is 0.692. The Morgan fingerprint density at radius 3 is 2.40 bits per heavy atom. The predicted octanol–water partition coefficient (Wildman–Crippen LogP) is 0.0602. The maximum Gasteiger partial charge on any atom is 0.307 e. The number of hydrogen-bond acceptors (Lipinski definition) is 4. The number of carbonyl (C=O) groups excluding carboxylic acids is 1. The second-order valence-electron chi connectivity index (χ2n) is 5.61. The molecule has 2 rings (SSSR count). The van der Waals surface area contributed by atoms with Gasteiger partial charge in [0.2, 0.25) is 5.91 Å². The van der Waals surface area contributed by atoms with E-state index in [0.29, 0.717) is 6.42 Å². The molecule has 0 saturated heterocycles. The first-order valence-electron chi connectivity index (χ1n) is 6.66. The second-order valence-corrected chi connectivity index (χ2v) is 7.87. The van der Waals surface area contributed by atoms with Gasteiger partial charge in [-0.1, -0.05) is 12.2 Å². The largest absolute Gasteiger partial charge is 0.481 e. The van der Waals surface area contributed by atoms with E-state index in [9.17, 15) is 23.1 Å². The number of aliphatic carboxylic acids is 1. The third-order valence-electron chi connectivity index (χ3n) is 4.04. The maximum atomic E-state index is 12.1. The molecule has 1 amide bonds. The fourth-order valence-corrected chi connectivity index (χ4v) is 3.85. The topological polar surface area (TPSA) is 101 Å². The van der Waals surface area contributed by atoms with Crippen LogP contribution >= 0.6 is 0 Å². The van der Waals surface area contributed by atoms with Crippen LogP contribution < -0.4 is 5.32 Å². The Kier molecular flexibility index (Phi) is 4.17. The van der Waals surface area contributed by atoms with Crippen LogP contribution in [-0.4, -0.2) is 44.0 Å². The number of carboxylic acid groups (broad SMARTS) is 1. The average Bonchev–Trinajstić information content (AvgIpc) is 2.92. The van der Waals surface area contributed by atoms with Gasteiger partial charge < -0.3 is 10.4 Å². The average molecular weight is 301 g/mol. The second kappa shape index (κ2) is 5.55. The molecule has 1 saturated carbocycles. The van der Waals surface area contributed by atoms with Gasteiger partial charge in [-0.15, -0.1) is 0 Å². The molecular formula is C13H19NO5S. The lowest BCUT2D eigenvalue weighted by Crippen LogP contribution is -2.40. The van der Waals surface area contributed by atoms with Crippen LogP contribution in [0.5, 0.6) is 0 Å². The number of sulfone groups is 1. The summed E-state index contributed by atoms with van der Waals surface area (Å²) in [6.45, 7) is 0.260. The van der Waals surface area contributed by atoms with E-state index in [4.69, 9.17) is 0 Å². The smallest absolute Gasteiger partial charge is 0.307 e. The molecule has 6 nitrogen and oxygen atoms in total. The number of carbonyl (C=O) groups is 2. The van der Waals surface area contributed by atoms with E-state index >= 15 is 0 Å². The molecule has 0 heterocycles. The normalized spacial score (nSPS) is 31.4. The van der Waals surface area contributed by atoms with Crippen molar-refractivity contribution in [3.63, 3.8) is 0 Å². The molecule has 2 N–H and O–H groups in total. The van der Waals surface area contributed by atoms with Gasteiger partial charge in [0.05, 0.1) is 17.6 Å². The molecule has 0 aromatic heterocycles. The van der Waals surface area contributed by atoms with E-state index in [1.807, 2.05) is 12.2 Å². The highest BCUT2D eigenvalue weighted by Crippen LogP contribution is 2.48. The van der Waals surface area contributed by atoms with Gasteiger partial charge in [-0.3, -0.25) is 9.59 Å². The standard InChI is InChI=1S/C13H19NO5S/c1-20(18,19)6-2-5-14-12(15)10-8-3-4-9(7-8)11(10)13(16)17/h3-4,8-11H,2,5-7H2,1H3,(H,14,15)(H,16,17). The number of carboxylic acids is 1. The number of allylic oxidation sites excluding steroid dienone is 2. The minimum Gasteiger partial charge on any atom is -0.481 e. The van der Waals surface area contributed by atoms with E-state index in [1.165, 1.54) is 0 Å². The Labute approximate surface area is 118 Å². The molecule has 20 heavy (non-hydrogen) atoms. The van der Waals surface area contributed by atoms with E-state index < -0.39 is 27.6 Å². The quantitative estimate of drug-likeness (QED) is 0.534. The summed E-state index contributed by atoms with van der Waals surface area (Å²) in [6, 6.07) is 0. The van der Waals surface area contributed by atoms with Gasteiger partial charge in [0, 0.05) is 12.8 Å². The summed E-state index contributed by atoms with van der Waals surface area (Å²) in [4.78, 5) is 23.4. The molecule has 112 valence electrons. The number of fused-ring (bicyclic) bond motifs is 2. The molecule has 2 aliphatic carbocycles.